The van der Waals surface area contributed by atoms with Crippen molar-refractivity contribution in [2.45, 2.75) is 38.0 Å². The van der Waals surface area contributed by atoms with Crippen molar-refractivity contribution in [1.82, 2.24) is 4.72 Å². The highest BCUT2D eigenvalue weighted by atomic mass is 32.2. The Morgan fingerprint density at radius 1 is 1.36 bits per heavy atom. The molecule has 0 unspecified atom stereocenters. The van der Waals surface area contributed by atoms with Crippen LogP contribution < -0.4 is 4.72 Å². The lowest BCUT2D eigenvalue weighted by Crippen LogP contribution is -2.38. The second-order valence-electron chi connectivity index (χ2n) is 5.26. The van der Waals surface area contributed by atoms with Crippen molar-refractivity contribution < 1.29 is 17.9 Å². The zero-order valence-corrected chi connectivity index (χ0v) is 13.6. The summed E-state index contributed by atoms with van der Waals surface area (Å²) in [7, 11) is -4.00. The SMILES string of the molecule is CCC(CC)(CCO)CNS(=O)(=O)c1ccc(C#N)cc1F. The number of aliphatic hydroxyl groups excluding tert-OH is 1. The van der Waals surface area contributed by atoms with E-state index in [1.165, 1.54) is 6.07 Å². The van der Waals surface area contributed by atoms with Gasteiger partial charge in [-0.05, 0) is 42.9 Å². The van der Waals surface area contributed by atoms with Crippen LogP contribution in [0.3, 0.4) is 0 Å². The molecule has 0 radical (unpaired) electrons. The Balaban J connectivity index is 2.99. The van der Waals surface area contributed by atoms with E-state index in [0.29, 0.717) is 19.3 Å². The number of nitrogens with zero attached hydrogens (tertiary/aromatic N) is 1. The van der Waals surface area contributed by atoms with E-state index < -0.39 is 20.7 Å². The van der Waals surface area contributed by atoms with Crippen LogP contribution in [-0.4, -0.2) is 26.7 Å². The van der Waals surface area contributed by atoms with Gasteiger partial charge in [0.05, 0.1) is 11.6 Å². The predicted octanol–water partition coefficient (Wildman–Crippen LogP) is 2.16. The summed E-state index contributed by atoms with van der Waals surface area (Å²) >= 11 is 0. The molecule has 1 aromatic rings. The van der Waals surface area contributed by atoms with Crippen molar-refractivity contribution in [3.8, 4) is 6.07 Å². The Bertz CT molecular complexity index is 649. The van der Waals surface area contributed by atoms with Crippen LogP contribution in [0.2, 0.25) is 0 Å². The van der Waals surface area contributed by atoms with Crippen LogP contribution in [0.1, 0.15) is 38.7 Å². The molecule has 0 spiro atoms. The van der Waals surface area contributed by atoms with Gasteiger partial charge in [0.1, 0.15) is 10.7 Å². The normalized spacial score (nSPS) is 12.1. The molecule has 5 nitrogen and oxygen atoms in total. The number of rotatable bonds is 8. The summed E-state index contributed by atoms with van der Waals surface area (Å²) in [6.07, 6.45) is 1.86. The van der Waals surface area contributed by atoms with Gasteiger partial charge in [-0.25, -0.2) is 17.5 Å². The molecule has 0 fully saturated rings. The zero-order chi connectivity index (χ0) is 16.8. The molecule has 22 heavy (non-hydrogen) atoms. The minimum atomic E-state index is -4.00. The highest BCUT2D eigenvalue weighted by Crippen LogP contribution is 2.30. The van der Waals surface area contributed by atoms with Gasteiger partial charge in [-0.15, -0.1) is 0 Å². The van der Waals surface area contributed by atoms with Crippen molar-refractivity contribution in [1.29, 1.82) is 5.26 Å². The van der Waals surface area contributed by atoms with Crippen LogP contribution in [0.15, 0.2) is 23.1 Å². The Morgan fingerprint density at radius 2 is 2.00 bits per heavy atom. The summed E-state index contributed by atoms with van der Waals surface area (Å²) in [6, 6.07) is 5.00. The van der Waals surface area contributed by atoms with Gasteiger partial charge in [0.2, 0.25) is 10.0 Å². The van der Waals surface area contributed by atoms with Gasteiger partial charge in [0, 0.05) is 13.2 Å². The summed E-state index contributed by atoms with van der Waals surface area (Å²) < 4.78 is 40.8. The van der Waals surface area contributed by atoms with Gasteiger partial charge in [-0.3, -0.25) is 0 Å². The first-order valence-corrected chi connectivity index (χ1v) is 8.62. The van der Waals surface area contributed by atoms with E-state index >= 15 is 0 Å². The number of nitrogens with one attached hydrogen (secondary N) is 1. The average Bonchev–Trinajstić information content (AvgIpc) is 2.51. The Hall–Kier alpha value is -1.49. The van der Waals surface area contributed by atoms with Crippen LogP contribution in [0.5, 0.6) is 0 Å². The van der Waals surface area contributed by atoms with Crippen LogP contribution in [-0.2, 0) is 10.0 Å². The minimum absolute atomic E-state index is 0.0331. The third-order valence-corrected chi connectivity index (χ3v) is 5.56. The molecule has 1 rings (SSSR count). The molecule has 0 atom stereocenters. The fraction of sp³-hybridized carbons (Fsp3) is 0.533. The van der Waals surface area contributed by atoms with E-state index in [1.54, 1.807) is 6.07 Å². The molecule has 0 amide bonds. The number of sulfonamides is 1. The van der Waals surface area contributed by atoms with E-state index in [0.717, 1.165) is 12.1 Å². The van der Waals surface area contributed by atoms with Crippen LogP contribution in [0, 0.1) is 22.6 Å². The lowest BCUT2D eigenvalue weighted by Gasteiger charge is -2.31. The summed E-state index contributed by atoms with van der Waals surface area (Å²) in [5.41, 5.74) is -0.293. The Kier molecular flexibility index (Phi) is 6.48. The first kappa shape index (κ1) is 18.6. The van der Waals surface area contributed by atoms with E-state index in [2.05, 4.69) is 4.72 Å². The molecule has 2 N–H and O–H groups in total. The van der Waals surface area contributed by atoms with Crippen LogP contribution in [0.4, 0.5) is 4.39 Å². The zero-order valence-electron chi connectivity index (χ0n) is 12.8. The molecule has 0 aliphatic rings. The summed E-state index contributed by atoms with van der Waals surface area (Å²) in [4.78, 5) is -0.475. The first-order valence-electron chi connectivity index (χ1n) is 7.14. The second-order valence-corrected chi connectivity index (χ2v) is 7.00. The number of nitriles is 1. The molecular formula is C15H21FN2O3S. The van der Waals surface area contributed by atoms with Crippen LogP contribution >= 0.6 is 0 Å². The van der Waals surface area contributed by atoms with Crippen LogP contribution in [0.25, 0.3) is 0 Å². The average molecular weight is 328 g/mol. The third-order valence-electron chi connectivity index (χ3n) is 4.13. The van der Waals surface area contributed by atoms with Crippen molar-refractivity contribution in [3.63, 3.8) is 0 Å². The van der Waals surface area contributed by atoms with E-state index in [4.69, 9.17) is 10.4 Å². The lowest BCUT2D eigenvalue weighted by molar-refractivity contribution is 0.170. The third kappa shape index (κ3) is 4.26. The lowest BCUT2D eigenvalue weighted by atomic mass is 9.80. The molecule has 0 saturated carbocycles. The van der Waals surface area contributed by atoms with Gasteiger partial charge in [0.25, 0.3) is 0 Å². The fourth-order valence-electron chi connectivity index (χ4n) is 2.29. The van der Waals surface area contributed by atoms with Gasteiger partial charge in [0.15, 0.2) is 0 Å². The number of halogens is 1. The topological polar surface area (TPSA) is 90.2 Å². The Morgan fingerprint density at radius 3 is 2.45 bits per heavy atom. The Labute approximate surface area is 130 Å². The largest absolute Gasteiger partial charge is 0.396 e. The van der Waals surface area contributed by atoms with Gasteiger partial charge < -0.3 is 5.11 Å². The van der Waals surface area contributed by atoms with Crippen molar-refractivity contribution in [2.24, 2.45) is 5.41 Å². The molecule has 0 saturated heterocycles. The second kappa shape index (κ2) is 7.68. The number of benzene rings is 1. The molecule has 1 aromatic carbocycles. The molecule has 0 aromatic heterocycles. The molecule has 0 aliphatic carbocycles. The van der Waals surface area contributed by atoms with Crippen molar-refractivity contribution in [2.75, 3.05) is 13.2 Å². The monoisotopic (exact) mass is 328 g/mol. The maximum Gasteiger partial charge on any atom is 0.243 e. The molecule has 122 valence electrons. The highest BCUT2D eigenvalue weighted by molar-refractivity contribution is 7.89. The van der Waals surface area contributed by atoms with Crippen molar-refractivity contribution in [3.05, 3.63) is 29.6 Å². The summed E-state index contributed by atoms with van der Waals surface area (Å²) in [5, 5.41) is 17.8. The number of hydrogen-bond acceptors (Lipinski definition) is 4. The fourth-order valence-corrected chi connectivity index (χ4v) is 3.51. The van der Waals surface area contributed by atoms with E-state index in [-0.39, 0.29) is 24.1 Å². The molecule has 0 heterocycles. The standard InChI is InChI=1S/C15H21FN2O3S/c1-3-15(4-2,7-8-19)11-18-22(20,21)14-6-5-12(10-17)9-13(14)16/h5-6,9,18-19H,3-4,7-8,11H2,1-2H3. The molecule has 7 heteroatoms. The maximum atomic E-state index is 13.9. The number of hydrogen-bond donors (Lipinski definition) is 2. The number of aliphatic hydroxyl groups is 1. The highest BCUT2D eigenvalue weighted by Gasteiger charge is 2.29. The first-order chi connectivity index (χ1) is 10.3. The van der Waals surface area contributed by atoms with Gasteiger partial charge in [-0.2, -0.15) is 5.26 Å². The predicted molar refractivity (Wildman–Crippen MR) is 81.0 cm³/mol. The molecule has 0 aliphatic heterocycles. The molecular weight excluding hydrogens is 307 g/mol. The van der Waals surface area contributed by atoms with Gasteiger partial charge >= 0.3 is 0 Å². The minimum Gasteiger partial charge on any atom is -0.396 e. The van der Waals surface area contributed by atoms with Gasteiger partial charge in [-0.1, -0.05) is 13.8 Å². The molecule has 0 bridgehead atoms. The smallest absolute Gasteiger partial charge is 0.243 e. The quantitative estimate of drug-likeness (QED) is 0.765. The summed E-state index contributed by atoms with van der Waals surface area (Å²) in [6.45, 7) is 3.95. The van der Waals surface area contributed by atoms with Crippen molar-refractivity contribution >= 4 is 10.0 Å². The maximum absolute atomic E-state index is 13.9. The summed E-state index contributed by atoms with van der Waals surface area (Å²) in [5.74, 6) is -0.952. The van der Waals surface area contributed by atoms with E-state index in [1.807, 2.05) is 13.8 Å². The van der Waals surface area contributed by atoms with E-state index in [9.17, 15) is 12.8 Å².